The summed E-state index contributed by atoms with van der Waals surface area (Å²) in [7, 11) is 1.70. The fourth-order valence-corrected chi connectivity index (χ4v) is 2.34. The van der Waals surface area contributed by atoms with Gasteiger partial charge in [-0.2, -0.15) is 0 Å². The van der Waals surface area contributed by atoms with E-state index in [0.717, 1.165) is 45.4 Å². The van der Waals surface area contributed by atoms with Crippen LogP contribution in [0.3, 0.4) is 0 Å². The lowest BCUT2D eigenvalue weighted by atomic mass is 10.2. The molecule has 6 heteroatoms. The number of guanidine groups is 1. The topological polar surface area (TPSA) is 58.1 Å². The van der Waals surface area contributed by atoms with Crippen LogP contribution in [0.2, 0.25) is 0 Å². The summed E-state index contributed by atoms with van der Waals surface area (Å²) >= 11 is 0. The average Bonchev–Trinajstić information content (AvgIpc) is 2.45. The first-order valence-electron chi connectivity index (χ1n) is 7.53. The van der Waals surface area contributed by atoms with Gasteiger partial charge in [0.1, 0.15) is 0 Å². The molecule has 0 aromatic carbocycles. The van der Waals surface area contributed by atoms with E-state index in [1.54, 1.807) is 7.11 Å². The molecule has 1 heterocycles. The number of hydrogen-bond donors (Lipinski definition) is 2. The molecule has 0 aromatic heterocycles. The van der Waals surface area contributed by atoms with Crippen LogP contribution in [-0.2, 0) is 9.47 Å². The van der Waals surface area contributed by atoms with Crippen LogP contribution in [0.25, 0.3) is 0 Å². The van der Waals surface area contributed by atoms with Crippen molar-refractivity contribution >= 4 is 5.96 Å². The van der Waals surface area contributed by atoms with Crippen molar-refractivity contribution in [1.82, 2.24) is 15.5 Å². The summed E-state index contributed by atoms with van der Waals surface area (Å²) in [6, 6.07) is 0.893. The van der Waals surface area contributed by atoms with Crippen molar-refractivity contribution in [2.24, 2.45) is 4.99 Å². The molecular weight excluding hydrogens is 256 g/mol. The maximum absolute atomic E-state index is 5.48. The number of methoxy groups -OCH3 is 1. The largest absolute Gasteiger partial charge is 0.383 e. The fraction of sp³-hybridized carbons (Fsp3) is 0.929. The van der Waals surface area contributed by atoms with Gasteiger partial charge in [0.2, 0.25) is 0 Å². The van der Waals surface area contributed by atoms with Crippen LogP contribution in [0, 0.1) is 0 Å². The molecule has 1 fully saturated rings. The van der Waals surface area contributed by atoms with E-state index >= 15 is 0 Å². The van der Waals surface area contributed by atoms with E-state index in [2.05, 4.69) is 41.3 Å². The smallest absolute Gasteiger partial charge is 0.191 e. The van der Waals surface area contributed by atoms with Crippen LogP contribution in [0.1, 0.15) is 20.8 Å². The Hall–Kier alpha value is -0.850. The number of ether oxygens (including phenoxy) is 2. The Morgan fingerprint density at radius 2 is 2.30 bits per heavy atom. The molecule has 0 bridgehead atoms. The number of morpholine rings is 1. The van der Waals surface area contributed by atoms with E-state index < -0.39 is 0 Å². The quantitative estimate of drug-likeness (QED) is 0.400. The van der Waals surface area contributed by atoms with Gasteiger partial charge < -0.3 is 20.1 Å². The van der Waals surface area contributed by atoms with Crippen LogP contribution in [0.15, 0.2) is 4.99 Å². The normalized spacial score (nSPS) is 22.6. The van der Waals surface area contributed by atoms with Crippen LogP contribution in [0.4, 0.5) is 0 Å². The summed E-state index contributed by atoms with van der Waals surface area (Å²) in [6.45, 7) is 12.2. The first-order chi connectivity index (χ1) is 9.69. The van der Waals surface area contributed by atoms with E-state index in [-0.39, 0.29) is 0 Å². The van der Waals surface area contributed by atoms with Crippen molar-refractivity contribution in [1.29, 1.82) is 0 Å². The monoisotopic (exact) mass is 286 g/mol. The van der Waals surface area contributed by atoms with E-state index in [1.807, 2.05) is 0 Å². The summed E-state index contributed by atoms with van der Waals surface area (Å²) < 4.78 is 10.5. The molecule has 2 N–H and O–H groups in total. The summed E-state index contributed by atoms with van der Waals surface area (Å²) in [5.74, 6) is 0.859. The summed E-state index contributed by atoms with van der Waals surface area (Å²) in [6.07, 6.45) is 0. The van der Waals surface area contributed by atoms with Crippen molar-refractivity contribution in [2.75, 3.05) is 53.1 Å². The lowest BCUT2D eigenvalue weighted by molar-refractivity contribution is -0.0165. The zero-order valence-corrected chi connectivity index (χ0v) is 13.3. The van der Waals surface area contributed by atoms with Gasteiger partial charge in [0.15, 0.2) is 5.96 Å². The van der Waals surface area contributed by atoms with Gasteiger partial charge in [0.05, 0.1) is 26.4 Å². The third-order valence-electron chi connectivity index (χ3n) is 3.44. The third-order valence-corrected chi connectivity index (χ3v) is 3.44. The lowest BCUT2D eigenvalue weighted by Gasteiger charge is -2.37. The Bertz CT molecular complexity index is 286. The van der Waals surface area contributed by atoms with Crippen LogP contribution >= 0.6 is 0 Å². The Kier molecular flexibility index (Phi) is 8.57. The van der Waals surface area contributed by atoms with Crippen LogP contribution in [0.5, 0.6) is 0 Å². The van der Waals surface area contributed by atoms with E-state index in [0.29, 0.717) is 18.7 Å². The highest BCUT2D eigenvalue weighted by molar-refractivity contribution is 5.79. The highest BCUT2D eigenvalue weighted by Gasteiger charge is 2.23. The predicted octanol–water partition coefficient (Wildman–Crippen LogP) is 0.297. The average molecular weight is 286 g/mol. The first-order valence-corrected chi connectivity index (χ1v) is 7.53. The third kappa shape index (κ3) is 6.07. The second-order valence-corrected chi connectivity index (χ2v) is 5.15. The molecule has 1 aliphatic rings. The van der Waals surface area contributed by atoms with Gasteiger partial charge in [-0.05, 0) is 20.8 Å². The Morgan fingerprint density at radius 1 is 1.50 bits per heavy atom. The van der Waals surface area contributed by atoms with Crippen molar-refractivity contribution in [2.45, 2.75) is 32.9 Å². The number of nitrogens with one attached hydrogen (secondary N) is 2. The molecule has 118 valence electrons. The molecule has 1 rings (SSSR count). The Labute approximate surface area is 122 Å². The highest BCUT2D eigenvalue weighted by atomic mass is 16.5. The molecule has 2 atom stereocenters. The number of rotatable bonds is 7. The molecular formula is C14H30N4O2. The van der Waals surface area contributed by atoms with Crippen LogP contribution < -0.4 is 10.6 Å². The minimum Gasteiger partial charge on any atom is -0.383 e. The second-order valence-electron chi connectivity index (χ2n) is 5.15. The maximum Gasteiger partial charge on any atom is 0.191 e. The van der Waals surface area contributed by atoms with Crippen molar-refractivity contribution in [3.8, 4) is 0 Å². The molecule has 20 heavy (non-hydrogen) atoms. The number of nitrogens with zero attached hydrogens (tertiary/aromatic N) is 2. The second kappa shape index (κ2) is 9.96. The van der Waals surface area contributed by atoms with Crippen molar-refractivity contribution in [3.05, 3.63) is 0 Å². The number of aliphatic imine (C=N–C) groups is 1. The molecule has 0 aliphatic carbocycles. The van der Waals surface area contributed by atoms with Gasteiger partial charge in [-0.1, -0.05) is 0 Å². The molecule has 6 nitrogen and oxygen atoms in total. The summed E-state index contributed by atoms with van der Waals surface area (Å²) in [4.78, 5) is 7.12. The van der Waals surface area contributed by atoms with E-state index in [4.69, 9.17) is 9.47 Å². The van der Waals surface area contributed by atoms with Crippen LogP contribution in [-0.4, -0.2) is 76.1 Å². The van der Waals surface area contributed by atoms with Gasteiger partial charge in [-0.15, -0.1) is 0 Å². The Morgan fingerprint density at radius 3 is 2.95 bits per heavy atom. The SMILES string of the molecule is CCNC(=NCC(C)N1CCOCC1C)NCCOC. The minimum absolute atomic E-state index is 0.423. The zero-order valence-electron chi connectivity index (χ0n) is 13.3. The van der Waals surface area contributed by atoms with Gasteiger partial charge in [0, 0.05) is 38.8 Å². The van der Waals surface area contributed by atoms with E-state index in [1.165, 1.54) is 0 Å². The molecule has 2 unspecified atom stereocenters. The first kappa shape index (κ1) is 17.2. The molecule has 0 spiro atoms. The summed E-state index contributed by atoms with van der Waals surface area (Å²) in [5.41, 5.74) is 0. The predicted molar refractivity (Wildman–Crippen MR) is 82.3 cm³/mol. The maximum atomic E-state index is 5.48. The van der Waals surface area contributed by atoms with Gasteiger partial charge in [0.25, 0.3) is 0 Å². The minimum atomic E-state index is 0.423. The Balaban J connectivity index is 2.43. The van der Waals surface area contributed by atoms with Crippen molar-refractivity contribution in [3.63, 3.8) is 0 Å². The standard InChI is InChI=1S/C14H30N4O2/c1-5-15-14(16-6-8-19-4)17-10-12(2)18-7-9-20-11-13(18)3/h12-13H,5-11H2,1-4H3,(H2,15,16,17). The lowest BCUT2D eigenvalue weighted by Crippen LogP contribution is -2.49. The van der Waals surface area contributed by atoms with Gasteiger partial charge in [-0.25, -0.2) is 0 Å². The molecule has 0 aromatic rings. The fourth-order valence-electron chi connectivity index (χ4n) is 2.34. The molecule has 0 amide bonds. The molecule has 1 saturated heterocycles. The van der Waals surface area contributed by atoms with E-state index in [9.17, 15) is 0 Å². The highest BCUT2D eigenvalue weighted by Crippen LogP contribution is 2.10. The molecule has 1 aliphatic heterocycles. The van der Waals surface area contributed by atoms with Crippen molar-refractivity contribution < 1.29 is 9.47 Å². The molecule has 0 saturated carbocycles. The van der Waals surface area contributed by atoms with Gasteiger partial charge >= 0.3 is 0 Å². The zero-order chi connectivity index (χ0) is 14.8. The summed E-state index contributed by atoms with van der Waals surface area (Å²) in [5, 5.41) is 6.51. The number of hydrogen-bond acceptors (Lipinski definition) is 4. The van der Waals surface area contributed by atoms with Gasteiger partial charge in [-0.3, -0.25) is 9.89 Å². The molecule has 0 radical (unpaired) electrons.